The van der Waals surface area contributed by atoms with Gasteiger partial charge in [-0.05, 0) is 18.6 Å². The van der Waals surface area contributed by atoms with Gasteiger partial charge in [-0.3, -0.25) is 19.0 Å². The van der Waals surface area contributed by atoms with Crippen molar-refractivity contribution in [1.82, 2.24) is 9.55 Å². The van der Waals surface area contributed by atoms with E-state index in [1.807, 2.05) is 0 Å². The number of aryl methyl sites for hydroxylation is 1. The van der Waals surface area contributed by atoms with Crippen LogP contribution in [0.15, 0.2) is 35.1 Å². The van der Waals surface area contributed by atoms with Gasteiger partial charge >= 0.3 is 5.97 Å². The van der Waals surface area contributed by atoms with Crippen molar-refractivity contribution >= 4 is 23.4 Å². The van der Waals surface area contributed by atoms with Gasteiger partial charge in [0, 0.05) is 29.5 Å². The highest BCUT2D eigenvalue weighted by molar-refractivity contribution is 6.30. The van der Waals surface area contributed by atoms with Crippen LogP contribution in [0, 0.1) is 0 Å². The third-order valence-corrected chi connectivity index (χ3v) is 4.44. The van der Waals surface area contributed by atoms with Crippen molar-refractivity contribution in [2.75, 3.05) is 0 Å². The molecule has 6 nitrogen and oxygen atoms in total. The largest absolute Gasteiger partial charge is 0.481 e. The summed E-state index contributed by atoms with van der Waals surface area (Å²) in [5.74, 6) is -0.781. The Morgan fingerprint density at radius 1 is 1.15 bits per heavy atom. The van der Waals surface area contributed by atoms with E-state index in [4.69, 9.17) is 16.7 Å². The van der Waals surface area contributed by atoms with Crippen molar-refractivity contribution in [3.05, 3.63) is 51.5 Å². The van der Waals surface area contributed by atoms with Crippen LogP contribution in [0.25, 0.3) is 11.3 Å². The molecule has 0 aliphatic rings. The Labute approximate surface area is 162 Å². The van der Waals surface area contributed by atoms with Gasteiger partial charge in [0.2, 0.25) is 0 Å². The van der Waals surface area contributed by atoms with E-state index in [0.717, 1.165) is 24.8 Å². The highest BCUT2D eigenvalue weighted by Gasteiger charge is 2.14. The van der Waals surface area contributed by atoms with E-state index in [9.17, 15) is 14.4 Å². The molecule has 0 aliphatic heterocycles. The summed E-state index contributed by atoms with van der Waals surface area (Å²) < 4.78 is 1.36. The lowest BCUT2D eigenvalue weighted by Crippen LogP contribution is -2.28. The second-order valence-electron chi connectivity index (χ2n) is 6.38. The number of rotatable bonds is 10. The molecule has 144 valence electrons. The summed E-state index contributed by atoms with van der Waals surface area (Å²) in [5, 5.41) is 9.32. The van der Waals surface area contributed by atoms with Gasteiger partial charge < -0.3 is 5.11 Å². The maximum Gasteiger partial charge on any atom is 0.303 e. The number of hydrogen-bond acceptors (Lipinski definition) is 4. The number of carbonyl (C=O) groups is 2. The van der Waals surface area contributed by atoms with Gasteiger partial charge in [0.05, 0.1) is 18.7 Å². The molecule has 1 heterocycles. The number of aromatic nitrogens is 2. The van der Waals surface area contributed by atoms with Crippen LogP contribution in [0.4, 0.5) is 0 Å². The third-order valence-electron chi connectivity index (χ3n) is 4.18. The lowest BCUT2D eigenvalue weighted by Gasteiger charge is -2.13. The molecule has 7 heteroatoms. The van der Waals surface area contributed by atoms with Crippen molar-refractivity contribution in [3.63, 3.8) is 0 Å². The minimum absolute atomic E-state index is 0.102. The van der Waals surface area contributed by atoms with Crippen LogP contribution in [0.2, 0.25) is 5.02 Å². The van der Waals surface area contributed by atoms with Crippen LogP contribution < -0.4 is 5.56 Å². The van der Waals surface area contributed by atoms with E-state index >= 15 is 0 Å². The molecule has 0 fully saturated rings. The highest BCUT2D eigenvalue weighted by Crippen LogP contribution is 2.19. The third kappa shape index (κ3) is 6.32. The molecule has 0 bridgehead atoms. The molecule has 1 aromatic heterocycles. The molecule has 1 N–H and O–H groups in total. The van der Waals surface area contributed by atoms with Crippen molar-refractivity contribution in [2.24, 2.45) is 0 Å². The number of carboxylic acid groups (broad SMARTS) is 1. The maximum absolute atomic E-state index is 12.6. The molecular formula is C20H23ClN2O4. The maximum atomic E-state index is 12.6. The molecule has 0 saturated heterocycles. The van der Waals surface area contributed by atoms with Crippen LogP contribution in [-0.2, 0) is 22.6 Å². The summed E-state index contributed by atoms with van der Waals surface area (Å²) >= 11 is 5.92. The fraction of sp³-hybridized carbons (Fsp3) is 0.400. The van der Waals surface area contributed by atoms with Gasteiger partial charge in [-0.15, -0.1) is 0 Å². The zero-order valence-electron chi connectivity index (χ0n) is 15.3. The molecular weight excluding hydrogens is 368 g/mol. The first-order valence-electron chi connectivity index (χ1n) is 9.01. The summed E-state index contributed by atoms with van der Waals surface area (Å²) in [4.78, 5) is 40.0. The first-order chi connectivity index (χ1) is 12.9. The Morgan fingerprint density at radius 3 is 2.48 bits per heavy atom. The van der Waals surface area contributed by atoms with Gasteiger partial charge in [-0.25, -0.2) is 4.98 Å². The Morgan fingerprint density at radius 2 is 1.85 bits per heavy atom. The topological polar surface area (TPSA) is 89.3 Å². The van der Waals surface area contributed by atoms with Crippen LogP contribution >= 0.6 is 11.6 Å². The smallest absolute Gasteiger partial charge is 0.303 e. The number of benzene rings is 1. The molecule has 1 aromatic carbocycles. The second kappa shape index (κ2) is 10.0. The summed E-state index contributed by atoms with van der Waals surface area (Å²) in [6.45, 7) is 1.93. The molecule has 0 amide bonds. The number of ketones is 1. The second-order valence-corrected chi connectivity index (χ2v) is 6.81. The quantitative estimate of drug-likeness (QED) is 0.624. The Bertz CT molecular complexity index is 859. The number of nitrogens with zero attached hydrogens (tertiary/aromatic N) is 2. The van der Waals surface area contributed by atoms with Gasteiger partial charge in [0.1, 0.15) is 5.82 Å². The fourth-order valence-electron chi connectivity index (χ4n) is 2.72. The monoisotopic (exact) mass is 390 g/mol. The highest BCUT2D eigenvalue weighted by atomic mass is 35.5. The van der Waals surface area contributed by atoms with Crippen LogP contribution in [0.3, 0.4) is 0 Å². The van der Waals surface area contributed by atoms with E-state index in [1.165, 1.54) is 10.6 Å². The molecule has 2 aromatic rings. The summed E-state index contributed by atoms with van der Waals surface area (Å²) in [6.07, 6.45) is 3.11. The number of halogens is 1. The normalized spacial score (nSPS) is 10.7. The van der Waals surface area contributed by atoms with Gasteiger partial charge in [0.15, 0.2) is 5.78 Å². The summed E-state index contributed by atoms with van der Waals surface area (Å²) in [6, 6.07) is 8.45. The van der Waals surface area contributed by atoms with E-state index in [1.54, 1.807) is 24.3 Å². The molecule has 0 saturated carbocycles. The molecule has 0 spiro atoms. The van der Waals surface area contributed by atoms with Crippen LogP contribution in [-0.4, -0.2) is 26.4 Å². The van der Waals surface area contributed by atoms with Gasteiger partial charge in [-0.2, -0.15) is 0 Å². The van der Waals surface area contributed by atoms with Crippen molar-refractivity contribution < 1.29 is 14.7 Å². The minimum Gasteiger partial charge on any atom is -0.481 e. The molecule has 2 rings (SSSR count). The molecule has 0 aliphatic carbocycles. The zero-order valence-corrected chi connectivity index (χ0v) is 16.0. The Hall–Kier alpha value is -2.47. The lowest BCUT2D eigenvalue weighted by molar-refractivity contribution is -0.138. The van der Waals surface area contributed by atoms with Crippen molar-refractivity contribution in [2.45, 2.75) is 52.0 Å². The number of carboxylic acids is 1. The molecule has 0 unspecified atom stereocenters. The number of carbonyl (C=O) groups excluding carboxylic acids is 1. The molecule has 27 heavy (non-hydrogen) atoms. The van der Waals surface area contributed by atoms with Gasteiger partial charge in [0.25, 0.3) is 5.56 Å². The number of Topliss-reactive ketones (excluding diaryl/α,β-unsaturated/α-hetero) is 1. The fourth-order valence-corrected chi connectivity index (χ4v) is 2.84. The lowest BCUT2D eigenvalue weighted by atomic mass is 10.1. The van der Waals surface area contributed by atoms with E-state index < -0.39 is 5.97 Å². The zero-order chi connectivity index (χ0) is 19.8. The Kier molecular flexibility index (Phi) is 7.73. The van der Waals surface area contributed by atoms with Crippen LogP contribution in [0.5, 0.6) is 0 Å². The average molecular weight is 391 g/mol. The SMILES string of the molecule is CCCCCc1nc(-c2ccc(Cl)cc2)cc(=O)n1CC(=O)CCC(=O)O. The van der Waals surface area contributed by atoms with E-state index in [-0.39, 0.29) is 30.7 Å². The first-order valence-corrected chi connectivity index (χ1v) is 9.38. The van der Waals surface area contributed by atoms with E-state index in [2.05, 4.69) is 11.9 Å². The van der Waals surface area contributed by atoms with Gasteiger partial charge in [-0.1, -0.05) is 43.5 Å². The molecule has 0 radical (unpaired) electrons. The standard InChI is InChI=1S/C20H23ClN2O4/c1-2-3-4-5-18-22-17(14-6-8-15(21)9-7-14)12-19(25)23(18)13-16(24)10-11-20(26)27/h6-9,12H,2-5,10-11,13H2,1H3,(H,26,27). The summed E-state index contributed by atoms with van der Waals surface area (Å²) in [5.41, 5.74) is 1.00. The number of hydrogen-bond donors (Lipinski definition) is 1. The first kappa shape index (κ1) is 20.8. The van der Waals surface area contributed by atoms with Crippen molar-refractivity contribution in [3.8, 4) is 11.3 Å². The van der Waals surface area contributed by atoms with Crippen molar-refractivity contribution in [1.29, 1.82) is 0 Å². The predicted molar refractivity (Wildman–Crippen MR) is 104 cm³/mol. The predicted octanol–water partition coefficient (Wildman–Crippen LogP) is 3.73. The van der Waals surface area contributed by atoms with Crippen LogP contribution in [0.1, 0.15) is 44.9 Å². The van der Waals surface area contributed by atoms with E-state index in [0.29, 0.717) is 23.0 Å². The number of unbranched alkanes of at least 4 members (excludes halogenated alkanes) is 2. The minimum atomic E-state index is -1.03. The molecule has 0 atom stereocenters. The number of aliphatic carboxylic acids is 1. The average Bonchev–Trinajstić information content (AvgIpc) is 2.63. The Balaban J connectivity index is 2.33. The summed E-state index contributed by atoms with van der Waals surface area (Å²) in [7, 11) is 0.